The molecule has 0 saturated heterocycles. The maximum atomic E-state index is 14.2. The Morgan fingerprint density at radius 2 is 1.48 bits per heavy atom. The summed E-state index contributed by atoms with van der Waals surface area (Å²) in [4.78, 5) is 58.8. The largest absolute Gasteiger partial charge is 2.00 e. The maximum absolute atomic E-state index is 14.2. The molecule has 3 aliphatic rings. The average Bonchev–Trinajstić information content (AvgIpc) is 3.98. The van der Waals surface area contributed by atoms with Crippen LogP contribution in [0.15, 0.2) is 55.2 Å². The monoisotopic (exact) mass is 952 g/mol. The van der Waals surface area contributed by atoms with E-state index in [1.54, 1.807) is 6.08 Å². The fourth-order valence-electron chi connectivity index (χ4n) is 10.0. The van der Waals surface area contributed by atoms with E-state index >= 15 is 0 Å². The van der Waals surface area contributed by atoms with Crippen LogP contribution in [-0.2, 0) is 36.7 Å². The Balaban J connectivity index is 0.0000104. The van der Waals surface area contributed by atoms with Crippen molar-refractivity contribution in [1.82, 2.24) is 15.3 Å². The van der Waals surface area contributed by atoms with Crippen LogP contribution in [0.1, 0.15) is 196 Å². The number of aromatic nitrogens is 4. The molecular formula is C58H81MgN5O5+2. The van der Waals surface area contributed by atoms with Crippen molar-refractivity contribution in [2.75, 3.05) is 20.3 Å². The molecule has 10 nitrogen and oxygen atoms in total. The predicted molar refractivity (Wildman–Crippen MR) is 282 cm³/mol. The normalized spacial score (nSPS) is 16.2. The van der Waals surface area contributed by atoms with Crippen molar-refractivity contribution in [2.24, 2.45) is 17.8 Å². The Bertz CT molecular complexity index is 2490. The molecule has 11 heteroatoms. The molecule has 0 fully saturated rings. The van der Waals surface area contributed by atoms with Crippen LogP contribution in [0.3, 0.4) is 0 Å². The molecule has 1 amide bonds. The standard InChI is InChI=1S/C58H80N5O5.Mg/c1-14-29-59-58(66)55-42(12)50-34-52-44(16-3)40(10)48(61-52)33-51-43(15-2)39(9)47(60-51)32-49-41(11)45(56(62-49)46(57(55)63-50)31-54(65)67-13)26-27-53(64)68-30-28-38(8)25-19-24-37(7)23-18-22-36(6)21-17-20-35(4)5;/h14-15,28,32-37,41,45H,1-2,16-27,29-31H2,3-13H3,(H2-,59,60,61,62,63,66);/q-1;+2/p+1. The van der Waals surface area contributed by atoms with E-state index < -0.39 is 5.97 Å². The Hall–Kier alpha value is -4.74. The van der Waals surface area contributed by atoms with E-state index in [1.165, 1.54) is 57.6 Å². The van der Waals surface area contributed by atoms with Crippen molar-refractivity contribution in [3.05, 3.63) is 106 Å². The second-order valence-electron chi connectivity index (χ2n) is 20.1. The quantitative estimate of drug-likeness (QED) is 0.0628. The van der Waals surface area contributed by atoms with Gasteiger partial charge in [0.25, 0.3) is 5.91 Å². The number of allylic oxidation sites excluding steroid dienone is 5. The van der Waals surface area contributed by atoms with Gasteiger partial charge in [-0.1, -0.05) is 122 Å². The third-order valence-corrected chi connectivity index (χ3v) is 14.4. The van der Waals surface area contributed by atoms with Crippen molar-refractivity contribution >= 4 is 74.2 Å². The van der Waals surface area contributed by atoms with Crippen LogP contribution in [0.2, 0.25) is 0 Å². The molecule has 3 aliphatic heterocycles. The minimum absolute atomic E-state index is 0. The van der Waals surface area contributed by atoms with Crippen molar-refractivity contribution in [2.45, 2.75) is 165 Å². The molecule has 0 saturated carbocycles. The van der Waals surface area contributed by atoms with E-state index in [2.05, 4.69) is 103 Å². The number of nitrogens with zero attached hydrogens (tertiary/aromatic N) is 2. The third kappa shape index (κ3) is 14.9. The SMILES string of the molecule is C=CCNC(=O)C1=C(C)c2cc3[n-]c(cc4[nH+]c(cc5[n-]c(c(CC(=O)OC)c1[nH+]2)C(CCC(=O)OCC=C(C)CCCC(C)CCCC(C)CCCC(C)C)C5C)C(C)=C4C=C)c(C)c3CC.[Mg+2]. The van der Waals surface area contributed by atoms with Gasteiger partial charge in [-0.25, -0.2) is 9.97 Å². The van der Waals surface area contributed by atoms with Crippen molar-refractivity contribution < 1.29 is 33.8 Å². The van der Waals surface area contributed by atoms with Gasteiger partial charge in [0.1, 0.15) is 12.2 Å². The molecule has 0 radical (unpaired) electrons. The summed E-state index contributed by atoms with van der Waals surface area (Å²) in [5, 5.41) is 2.97. The second-order valence-corrected chi connectivity index (χ2v) is 20.1. The first-order chi connectivity index (χ1) is 32.5. The molecule has 5 heterocycles. The van der Waals surface area contributed by atoms with Crippen molar-refractivity contribution in [3.8, 4) is 0 Å². The molecule has 0 aromatic carbocycles. The number of amides is 1. The zero-order valence-electron chi connectivity index (χ0n) is 44.0. The Kier molecular flexibility index (Phi) is 22.3. The molecule has 3 N–H and O–H groups in total. The van der Waals surface area contributed by atoms with Gasteiger partial charge in [-0.2, -0.15) is 0 Å². The first-order valence-corrected chi connectivity index (χ1v) is 25.4. The number of hydrogen-bond donors (Lipinski definition) is 1. The van der Waals surface area contributed by atoms with Gasteiger partial charge in [-0.3, -0.25) is 14.4 Å². The molecule has 0 aliphatic carbocycles. The van der Waals surface area contributed by atoms with E-state index in [4.69, 9.17) is 19.4 Å². The van der Waals surface area contributed by atoms with E-state index in [1.807, 2.05) is 25.1 Å². The minimum Gasteiger partial charge on any atom is -0.664 e. The Morgan fingerprint density at radius 3 is 2.12 bits per heavy atom. The summed E-state index contributed by atoms with van der Waals surface area (Å²) >= 11 is 0. The number of carbonyl (C=O) groups excluding carboxylic acids is 3. The van der Waals surface area contributed by atoms with Gasteiger partial charge < -0.3 is 24.8 Å². The summed E-state index contributed by atoms with van der Waals surface area (Å²) in [6, 6.07) is 6.12. The number of fused-ring (bicyclic) bond motifs is 8. The van der Waals surface area contributed by atoms with E-state index in [0.717, 1.165) is 81.5 Å². The Labute approximate surface area is 429 Å². The van der Waals surface area contributed by atoms with E-state index in [0.29, 0.717) is 46.1 Å². The van der Waals surface area contributed by atoms with Crippen LogP contribution in [0.4, 0.5) is 0 Å². The fraction of sp³-hybridized carbons (Fsp3) is 0.534. The summed E-state index contributed by atoms with van der Waals surface area (Å²) in [5.41, 5.74) is 13.0. The number of methoxy groups -OCH3 is 1. The molecule has 4 unspecified atom stereocenters. The number of rotatable bonds is 24. The van der Waals surface area contributed by atoms with Gasteiger partial charge >= 0.3 is 35.0 Å². The van der Waals surface area contributed by atoms with Crippen LogP contribution in [0.25, 0.3) is 33.3 Å². The van der Waals surface area contributed by atoms with Crippen LogP contribution in [0, 0.1) is 24.7 Å². The minimum atomic E-state index is -0.480. The van der Waals surface area contributed by atoms with Gasteiger partial charge in [-0.15, -0.1) is 29.0 Å². The van der Waals surface area contributed by atoms with E-state index in [-0.39, 0.29) is 72.8 Å². The summed E-state index contributed by atoms with van der Waals surface area (Å²) in [7, 11) is 1.36. The second kappa shape index (κ2) is 27.0. The molecular weight excluding hydrogens is 871 g/mol. The van der Waals surface area contributed by atoms with Gasteiger partial charge in [0.05, 0.1) is 19.1 Å². The van der Waals surface area contributed by atoms with Crippen molar-refractivity contribution in [1.29, 1.82) is 0 Å². The van der Waals surface area contributed by atoms with Gasteiger partial charge in [0, 0.05) is 29.7 Å². The van der Waals surface area contributed by atoms with Gasteiger partial charge in [0.15, 0.2) is 0 Å². The molecule has 2 aromatic rings. The summed E-state index contributed by atoms with van der Waals surface area (Å²) in [6.07, 6.45) is 17.9. The molecule has 4 atom stereocenters. The maximum Gasteiger partial charge on any atom is 2.00 e. The molecule has 8 bridgehead atoms. The number of ether oxygens (including phenoxy) is 2. The number of aryl methyl sites for hydroxylation is 2. The van der Waals surface area contributed by atoms with Crippen LogP contribution in [-0.4, -0.2) is 61.2 Å². The summed E-state index contributed by atoms with van der Waals surface area (Å²) < 4.78 is 11.1. The number of aromatic amines is 2. The Morgan fingerprint density at radius 1 is 0.826 bits per heavy atom. The first kappa shape index (κ1) is 56.8. The smallest absolute Gasteiger partial charge is 0.664 e. The number of H-pyrrole nitrogens is 2. The van der Waals surface area contributed by atoms with Crippen molar-refractivity contribution in [3.63, 3.8) is 0 Å². The summed E-state index contributed by atoms with van der Waals surface area (Å²) in [5.74, 6) is 0.756. The molecule has 368 valence electrons. The van der Waals surface area contributed by atoms with Gasteiger partial charge in [-0.05, 0) is 107 Å². The number of nitrogens with one attached hydrogen (secondary N) is 3. The average molecular weight is 953 g/mol. The van der Waals surface area contributed by atoms with Crippen LogP contribution >= 0.6 is 0 Å². The zero-order valence-corrected chi connectivity index (χ0v) is 45.4. The van der Waals surface area contributed by atoms with E-state index in [9.17, 15) is 14.4 Å². The zero-order chi connectivity index (χ0) is 49.7. The molecule has 0 spiro atoms. The molecule has 69 heavy (non-hydrogen) atoms. The van der Waals surface area contributed by atoms with Crippen LogP contribution in [0.5, 0.6) is 0 Å². The number of esters is 2. The number of hydrogen-bond acceptors (Lipinski definition) is 5. The first-order valence-electron chi connectivity index (χ1n) is 25.4. The van der Waals surface area contributed by atoms with Crippen LogP contribution < -0.4 is 25.3 Å². The topological polar surface area (TPSA) is 138 Å². The molecule has 5 rings (SSSR count). The predicted octanol–water partition coefficient (Wildman–Crippen LogP) is 11.3. The number of carbonyl (C=O) groups is 3. The van der Waals surface area contributed by atoms with Gasteiger partial charge in [0.2, 0.25) is 22.8 Å². The fourth-order valence-corrected chi connectivity index (χ4v) is 10.0. The summed E-state index contributed by atoms with van der Waals surface area (Å²) in [6.45, 7) is 30.2. The third-order valence-electron chi connectivity index (χ3n) is 14.4. The molecule has 2 aromatic heterocycles.